The largest absolute Gasteiger partial charge is 0.378 e. The van der Waals surface area contributed by atoms with E-state index in [1.807, 2.05) is 0 Å². The zero-order chi connectivity index (χ0) is 14.1. The number of ether oxygens (including phenoxy) is 1. The molecule has 1 rings (SSSR count). The van der Waals surface area contributed by atoms with Gasteiger partial charge in [-0.3, -0.25) is 4.99 Å². The molecule has 0 aromatic heterocycles. The summed E-state index contributed by atoms with van der Waals surface area (Å²) in [5.41, 5.74) is 0.0430. The van der Waals surface area contributed by atoms with E-state index in [9.17, 15) is 0 Å². The van der Waals surface area contributed by atoms with Gasteiger partial charge in [-0.05, 0) is 47.0 Å². The van der Waals surface area contributed by atoms with Crippen molar-refractivity contribution in [1.29, 1.82) is 0 Å². The summed E-state index contributed by atoms with van der Waals surface area (Å²) in [5, 5.41) is 6.66. The molecule has 4 heteroatoms. The normalized spacial score (nSPS) is 17.8. The first kappa shape index (κ1) is 16.3. The van der Waals surface area contributed by atoms with Crippen molar-refractivity contribution in [2.45, 2.75) is 71.4 Å². The molecular formula is C15H31N3O. The van der Waals surface area contributed by atoms with E-state index < -0.39 is 0 Å². The second-order valence-corrected chi connectivity index (χ2v) is 6.27. The molecule has 0 aromatic carbocycles. The van der Waals surface area contributed by atoms with E-state index >= 15 is 0 Å². The molecule has 0 spiro atoms. The maximum Gasteiger partial charge on any atom is 0.191 e. The van der Waals surface area contributed by atoms with Crippen LogP contribution in [0.3, 0.4) is 0 Å². The lowest BCUT2D eigenvalue weighted by atomic mass is 10.1. The summed E-state index contributed by atoms with van der Waals surface area (Å²) in [6.45, 7) is 11.1. The van der Waals surface area contributed by atoms with Crippen LogP contribution in [0, 0.1) is 0 Å². The van der Waals surface area contributed by atoms with Crippen LogP contribution in [0.5, 0.6) is 0 Å². The van der Waals surface area contributed by atoms with Crippen LogP contribution < -0.4 is 10.6 Å². The van der Waals surface area contributed by atoms with Crippen molar-refractivity contribution < 1.29 is 4.74 Å². The van der Waals surface area contributed by atoms with Gasteiger partial charge in [-0.2, -0.15) is 0 Å². The first-order chi connectivity index (χ1) is 9.01. The highest BCUT2D eigenvalue weighted by atomic mass is 16.5. The predicted molar refractivity (Wildman–Crippen MR) is 81.7 cm³/mol. The molecule has 0 heterocycles. The van der Waals surface area contributed by atoms with Gasteiger partial charge in [0.25, 0.3) is 0 Å². The van der Waals surface area contributed by atoms with Gasteiger partial charge in [0.15, 0.2) is 5.96 Å². The van der Waals surface area contributed by atoms with Crippen LogP contribution in [-0.4, -0.2) is 37.3 Å². The number of aliphatic imine (C=N–C) groups is 1. The number of hydrogen-bond acceptors (Lipinski definition) is 2. The van der Waals surface area contributed by atoms with Gasteiger partial charge in [-0.1, -0.05) is 12.8 Å². The standard InChI is InChI=1S/C15H31N3O/c1-5-16-14(18-15(2,3)4)17-11-8-12-19-13-9-6-7-10-13/h13H,5-12H2,1-4H3,(H2,16,17,18). The van der Waals surface area contributed by atoms with Gasteiger partial charge in [-0.15, -0.1) is 0 Å². The Bertz CT molecular complexity index is 265. The van der Waals surface area contributed by atoms with Crippen molar-refractivity contribution in [3.8, 4) is 0 Å². The summed E-state index contributed by atoms with van der Waals surface area (Å²) in [6.07, 6.45) is 6.68. The van der Waals surface area contributed by atoms with Gasteiger partial charge in [0.2, 0.25) is 0 Å². The van der Waals surface area contributed by atoms with Crippen LogP contribution in [0.1, 0.15) is 59.8 Å². The van der Waals surface area contributed by atoms with Gasteiger partial charge >= 0.3 is 0 Å². The van der Waals surface area contributed by atoms with Gasteiger partial charge in [0, 0.05) is 25.2 Å². The third kappa shape index (κ3) is 8.09. The van der Waals surface area contributed by atoms with Crippen molar-refractivity contribution in [1.82, 2.24) is 10.6 Å². The van der Waals surface area contributed by atoms with E-state index in [0.29, 0.717) is 6.10 Å². The molecule has 19 heavy (non-hydrogen) atoms. The molecule has 0 amide bonds. The van der Waals surface area contributed by atoms with Gasteiger partial charge < -0.3 is 15.4 Å². The highest BCUT2D eigenvalue weighted by molar-refractivity contribution is 5.80. The van der Waals surface area contributed by atoms with E-state index in [0.717, 1.165) is 32.1 Å². The SMILES string of the molecule is CCNC(=NCCCOC1CCCC1)NC(C)(C)C. The lowest BCUT2D eigenvalue weighted by Gasteiger charge is -2.23. The van der Waals surface area contributed by atoms with Crippen LogP contribution >= 0.6 is 0 Å². The molecule has 1 fully saturated rings. The van der Waals surface area contributed by atoms with Gasteiger partial charge in [0.1, 0.15) is 0 Å². The fourth-order valence-electron chi connectivity index (χ4n) is 2.22. The highest BCUT2D eigenvalue weighted by Gasteiger charge is 2.14. The Hall–Kier alpha value is -0.770. The zero-order valence-corrected chi connectivity index (χ0v) is 13.1. The van der Waals surface area contributed by atoms with E-state index in [1.54, 1.807) is 0 Å². The molecule has 4 nitrogen and oxygen atoms in total. The summed E-state index contributed by atoms with van der Waals surface area (Å²) in [5.74, 6) is 0.899. The molecule has 112 valence electrons. The van der Waals surface area contributed by atoms with Crippen LogP contribution in [0.25, 0.3) is 0 Å². The van der Waals surface area contributed by atoms with Crippen molar-refractivity contribution >= 4 is 5.96 Å². The fourth-order valence-corrected chi connectivity index (χ4v) is 2.22. The van der Waals surface area contributed by atoms with Gasteiger partial charge in [-0.25, -0.2) is 0 Å². The predicted octanol–water partition coefficient (Wildman–Crippen LogP) is 2.69. The van der Waals surface area contributed by atoms with E-state index in [2.05, 4.69) is 43.3 Å². The number of guanidine groups is 1. The van der Waals surface area contributed by atoms with Crippen LogP contribution in [0.15, 0.2) is 4.99 Å². The summed E-state index contributed by atoms with van der Waals surface area (Å²) in [4.78, 5) is 4.58. The summed E-state index contributed by atoms with van der Waals surface area (Å²) >= 11 is 0. The van der Waals surface area contributed by atoms with E-state index in [1.165, 1.54) is 25.7 Å². The molecule has 1 aliphatic rings. The fraction of sp³-hybridized carbons (Fsp3) is 0.933. The summed E-state index contributed by atoms with van der Waals surface area (Å²) in [6, 6.07) is 0. The molecule has 2 N–H and O–H groups in total. The van der Waals surface area contributed by atoms with Gasteiger partial charge in [0.05, 0.1) is 6.10 Å². The minimum Gasteiger partial charge on any atom is -0.378 e. The third-order valence-electron chi connectivity index (χ3n) is 3.07. The molecule has 0 aromatic rings. The maximum atomic E-state index is 5.84. The first-order valence-corrected chi connectivity index (χ1v) is 7.69. The van der Waals surface area contributed by atoms with E-state index in [4.69, 9.17) is 4.74 Å². The Balaban J connectivity index is 2.18. The zero-order valence-electron chi connectivity index (χ0n) is 13.1. The van der Waals surface area contributed by atoms with Crippen LogP contribution in [-0.2, 0) is 4.74 Å². The molecule has 0 radical (unpaired) electrons. The molecule has 0 saturated heterocycles. The lowest BCUT2D eigenvalue weighted by molar-refractivity contribution is 0.0579. The maximum absolute atomic E-state index is 5.84. The molecule has 0 bridgehead atoms. The first-order valence-electron chi connectivity index (χ1n) is 7.69. The van der Waals surface area contributed by atoms with Crippen LogP contribution in [0.2, 0.25) is 0 Å². The van der Waals surface area contributed by atoms with Crippen molar-refractivity contribution in [2.24, 2.45) is 4.99 Å². The Morgan fingerprint density at radius 1 is 1.26 bits per heavy atom. The Morgan fingerprint density at radius 2 is 1.95 bits per heavy atom. The molecule has 0 unspecified atom stereocenters. The summed E-state index contributed by atoms with van der Waals surface area (Å²) in [7, 11) is 0. The Morgan fingerprint density at radius 3 is 2.53 bits per heavy atom. The van der Waals surface area contributed by atoms with Crippen molar-refractivity contribution in [3.63, 3.8) is 0 Å². The smallest absolute Gasteiger partial charge is 0.191 e. The average Bonchev–Trinajstić information content (AvgIpc) is 2.79. The molecule has 1 saturated carbocycles. The van der Waals surface area contributed by atoms with E-state index in [-0.39, 0.29) is 5.54 Å². The topological polar surface area (TPSA) is 45.7 Å². The molecular weight excluding hydrogens is 238 g/mol. The number of hydrogen-bond donors (Lipinski definition) is 2. The molecule has 1 aliphatic carbocycles. The lowest BCUT2D eigenvalue weighted by Crippen LogP contribution is -2.47. The average molecular weight is 269 g/mol. The second-order valence-electron chi connectivity index (χ2n) is 6.27. The minimum absolute atomic E-state index is 0.0430. The van der Waals surface area contributed by atoms with Crippen molar-refractivity contribution in [2.75, 3.05) is 19.7 Å². The number of nitrogens with zero attached hydrogens (tertiary/aromatic N) is 1. The quantitative estimate of drug-likeness (QED) is 0.443. The number of rotatable bonds is 6. The monoisotopic (exact) mass is 269 g/mol. The third-order valence-corrected chi connectivity index (χ3v) is 3.07. The second kappa shape index (κ2) is 8.41. The Labute approximate surface area is 118 Å². The minimum atomic E-state index is 0.0430. The molecule has 0 atom stereocenters. The highest BCUT2D eigenvalue weighted by Crippen LogP contribution is 2.20. The Kier molecular flexibility index (Phi) is 7.21. The summed E-state index contributed by atoms with van der Waals surface area (Å²) < 4.78 is 5.84. The van der Waals surface area contributed by atoms with Crippen molar-refractivity contribution in [3.05, 3.63) is 0 Å². The van der Waals surface area contributed by atoms with Crippen LogP contribution in [0.4, 0.5) is 0 Å². The molecule has 0 aliphatic heterocycles. The number of nitrogens with one attached hydrogen (secondary N) is 2.